The number of nitrogens with two attached hydrogens (primary N) is 2. The number of carboxylic acids is 2. The van der Waals surface area contributed by atoms with Crippen LogP contribution in [0.5, 0.6) is 0 Å². The van der Waals surface area contributed by atoms with E-state index in [0.717, 1.165) is 0 Å². The van der Waals surface area contributed by atoms with Crippen molar-refractivity contribution in [1.29, 1.82) is 0 Å². The van der Waals surface area contributed by atoms with Crippen molar-refractivity contribution in [2.75, 3.05) is 11.5 Å². The van der Waals surface area contributed by atoms with Crippen LogP contribution >= 0.6 is 0 Å². The van der Waals surface area contributed by atoms with Gasteiger partial charge >= 0.3 is 11.9 Å². The van der Waals surface area contributed by atoms with Gasteiger partial charge in [0, 0.05) is 35.3 Å². The molecule has 6 heteroatoms. The summed E-state index contributed by atoms with van der Waals surface area (Å²) in [6.07, 6.45) is 0.299. The highest BCUT2D eigenvalue weighted by Crippen LogP contribution is 2.18. The van der Waals surface area contributed by atoms with Crippen molar-refractivity contribution in [1.82, 2.24) is 0 Å². The molecule has 2 rings (SSSR count). The topological polar surface area (TPSA) is 127 Å². The van der Waals surface area contributed by atoms with E-state index in [9.17, 15) is 9.59 Å². The average molecular weight is 348 g/mol. The first-order valence-corrected chi connectivity index (χ1v) is 7.59. The lowest BCUT2D eigenvalue weighted by molar-refractivity contribution is 0.0685. The minimum atomic E-state index is -1.07. The summed E-state index contributed by atoms with van der Waals surface area (Å²) in [5, 5.41) is 18.3. The molecule has 0 fully saturated rings. The Balaban J connectivity index is 2.13. The summed E-state index contributed by atoms with van der Waals surface area (Å²) in [6, 6.07) is 9.29. The quantitative estimate of drug-likeness (QED) is 0.495. The molecule has 26 heavy (non-hydrogen) atoms. The van der Waals surface area contributed by atoms with Crippen LogP contribution in [0.15, 0.2) is 36.4 Å². The van der Waals surface area contributed by atoms with Crippen LogP contribution in [0.4, 0.5) is 11.4 Å². The molecule has 0 radical (unpaired) electrons. The normalized spacial score (nSPS) is 9.38. The number of anilines is 2. The van der Waals surface area contributed by atoms with Crippen molar-refractivity contribution in [2.45, 2.75) is 12.8 Å². The van der Waals surface area contributed by atoms with Crippen LogP contribution in [0.25, 0.3) is 0 Å². The fourth-order valence-corrected chi connectivity index (χ4v) is 2.36. The van der Waals surface area contributed by atoms with Gasteiger partial charge in [-0.05, 0) is 36.1 Å². The van der Waals surface area contributed by atoms with Crippen molar-refractivity contribution in [3.63, 3.8) is 0 Å². The molecule has 0 atom stereocenters. The number of rotatable bonds is 4. The van der Waals surface area contributed by atoms with Crippen LogP contribution in [0, 0.1) is 23.7 Å². The third-order valence-electron chi connectivity index (χ3n) is 3.65. The summed E-state index contributed by atoms with van der Waals surface area (Å²) in [4.78, 5) is 22.4. The van der Waals surface area contributed by atoms with Crippen LogP contribution in [0.2, 0.25) is 0 Å². The third-order valence-corrected chi connectivity index (χ3v) is 3.65. The molecule has 0 aliphatic carbocycles. The van der Waals surface area contributed by atoms with Gasteiger partial charge in [-0.25, -0.2) is 9.59 Å². The third kappa shape index (κ3) is 4.34. The number of aromatic carboxylic acids is 2. The standard InChI is InChI=1S/C20H16N2O4/c21-17-11-5-9-15(19(23)24)13(17)7-3-1-2-4-8-14-16(20(25)26)10-6-12-18(14)22/h5-6,9-12H,7-8,21-22H2,(H,23,24)(H,25,26). The SMILES string of the molecule is Nc1cccc(C(=O)O)c1CC#CC#CCc1c(N)cccc1C(=O)O. The molecule has 0 aliphatic heterocycles. The fourth-order valence-electron chi connectivity index (χ4n) is 2.36. The van der Waals surface area contributed by atoms with E-state index in [0.29, 0.717) is 22.5 Å². The van der Waals surface area contributed by atoms with E-state index in [2.05, 4.69) is 23.7 Å². The van der Waals surface area contributed by atoms with Crippen molar-refractivity contribution < 1.29 is 19.8 Å². The second-order valence-corrected chi connectivity index (χ2v) is 5.31. The van der Waals surface area contributed by atoms with Crippen molar-refractivity contribution in [3.8, 4) is 23.7 Å². The molecule has 0 unspecified atom stereocenters. The molecular formula is C20H16N2O4. The Morgan fingerprint density at radius 3 is 1.50 bits per heavy atom. The van der Waals surface area contributed by atoms with E-state index in [-0.39, 0.29) is 24.0 Å². The molecule has 0 bridgehead atoms. The molecule has 0 spiro atoms. The molecule has 6 N–H and O–H groups in total. The summed E-state index contributed by atoms with van der Waals surface area (Å²) in [7, 11) is 0. The van der Waals surface area contributed by atoms with Crippen LogP contribution in [-0.2, 0) is 12.8 Å². The Hall–Kier alpha value is -3.90. The van der Waals surface area contributed by atoms with Crippen molar-refractivity contribution in [2.24, 2.45) is 0 Å². The summed E-state index contributed by atoms with van der Waals surface area (Å²) in [5.74, 6) is 8.62. The lowest BCUT2D eigenvalue weighted by atomic mass is 10.0. The van der Waals surface area contributed by atoms with Crippen LogP contribution in [0.3, 0.4) is 0 Å². The molecule has 130 valence electrons. The Kier molecular flexibility index (Phi) is 5.87. The summed E-state index contributed by atoms with van der Waals surface area (Å²) >= 11 is 0. The van der Waals surface area contributed by atoms with Gasteiger partial charge in [-0.15, -0.1) is 0 Å². The monoisotopic (exact) mass is 348 g/mol. The molecule has 0 amide bonds. The number of hydrogen-bond donors (Lipinski definition) is 4. The zero-order valence-corrected chi connectivity index (χ0v) is 13.7. The maximum Gasteiger partial charge on any atom is 0.336 e. The van der Waals surface area contributed by atoms with Crippen LogP contribution in [-0.4, -0.2) is 22.2 Å². The lowest BCUT2D eigenvalue weighted by Gasteiger charge is -2.05. The highest BCUT2D eigenvalue weighted by molar-refractivity contribution is 5.92. The Morgan fingerprint density at radius 2 is 1.15 bits per heavy atom. The Labute approximate surface area is 150 Å². The highest BCUT2D eigenvalue weighted by atomic mass is 16.4. The van der Waals surface area contributed by atoms with Gasteiger partial charge in [-0.3, -0.25) is 0 Å². The number of nitrogen functional groups attached to an aromatic ring is 2. The Bertz CT molecular complexity index is 907. The largest absolute Gasteiger partial charge is 0.478 e. The zero-order valence-electron chi connectivity index (χ0n) is 13.7. The van der Waals surface area contributed by atoms with Crippen LogP contribution in [0.1, 0.15) is 31.8 Å². The van der Waals surface area contributed by atoms with Gasteiger partial charge in [0.25, 0.3) is 0 Å². The van der Waals surface area contributed by atoms with E-state index in [1.54, 1.807) is 24.3 Å². The minimum Gasteiger partial charge on any atom is -0.478 e. The van der Waals surface area contributed by atoms with E-state index >= 15 is 0 Å². The van der Waals surface area contributed by atoms with Gasteiger partial charge in [-0.1, -0.05) is 24.0 Å². The van der Waals surface area contributed by atoms with Crippen molar-refractivity contribution >= 4 is 23.3 Å². The first-order valence-electron chi connectivity index (χ1n) is 7.59. The maximum atomic E-state index is 11.2. The van der Waals surface area contributed by atoms with Gasteiger partial charge in [0.2, 0.25) is 0 Å². The average Bonchev–Trinajstić information content (AvgIpc) is 2.59. The van der Waals surface area contributed by atoms with Gasteiger partial charge < -0.3 is 21.7 Å². The molecule has 0 aromatic heterocycles. The number of carbonyl (C=O) groups is 2. The second kappa shape index (κ2) is 8.27. The molecule has 0 heterocycles. The first-order chi connectivity index (χ1) is 12.4. The summed E-state index contributed by atoms with van der Waals surface area (Å²) < 4.78 is 0. The van der Waals surface area contributed by atoms with Gasteiger partial charge in [0.1, 0.15) is 0 Å². The first kappa shape index (κ1) is 18.4. The second-order valence-electron chi connectivity index (χ2n) is 5.31. The van der Waals surface area contributed by atoms with E-state index in [1.807, 2.05) is 0 Å². The highest BCUT2D eigenvalue weighted by Gasteiger charge is 2.12. The summed E-state index contributed by atoms with van der Waals surface area (Å²) in [5.41, 5.74) is 13.4. The van der Waals surface area contributed by atoms with Gasteiger partial charge in [0.15, 0.2) is 0 Å². The molecular weight excluding hydrogens is 332 g/mol. The molecule has 0 saturated heterocycles. The smallest absolute Gasteiger partial charge is 0.336 e. The molecule has 0 saturated carbocycles. The van der Waals surface area contributed by atoms with E-state index < -0.39 is 11.9 Å². The predicted molar refractivity (Wildman–Crippen MR) is 98.6 cm³/mol. The number of hydrogen-bond acceptors (Lipinski definition) is 4. The van der Waals surface area contributed by atoms with Gasteiger partial charge in [0.05, 0.1) is 11.1 Å². The molecule has 2 aromatic rings. The number of benzene rings is 2. The Morgan fingerprint density at radius 1 is 0.769 bits per heavy atom. The molecule has 2 aromatic carbocycles. The molecule has 0 aliphatic rings. The van der Waals surface area contributed by atoms with Gasteiger partial charge in [-0.2, -0.15) is 0 Å². The minimum absolute atomic E-state index is 0.107. The summed E-state index contributed by atoms with van der Waals surface area (Å²) in [6.45, 7) is 0. The van der Waals surface area contributed by atoms with E-state index in [4.69, 9.17) is 21.7 Å². The zero-order chi connectivity index (χ0) is 19.1. The molecule has 6 nitrogen and oxygen atoms in total. The lowest BCUT2D eigenvalue weighted by Crippen LogP contribution is -2.05. The maximum absolute atomic E-state index is 11.2. The fraction of sp³-hybridized carbons (Fsp3) is 0.100. The van der Waals surface area contributed by atoms with E-state index in [1.165, 1.54) is 12.1 Å². The van der Waals surface area contributed by atoms with Crippen LogP contribution < -0.4 is 11.5 Å². The number of carboxylic acid groups (broad SMARTS) is 2. The predicted octanol–water partition coefficient (Wildman–Crippen LogP) is 2.04. The van der Waals surface area contributed by atoms with Crippen molar-refractivity contribution in [3.05, 3.63) is 58.7 Å².